The molecule has 0 bridgehead atoms. The van der Waals surface area contributed by atoms with Gasteiger partial charge in [0.1, 0.15) is 22.9 Å². The highest BCUT2D eigenvalue weighted by Gasteiger charge is 2.23. The van der Waals surface area contributed by atoms with Crippen LogP contribution in [-0.4, -0.2) is 48.7 Å². The molecule has 2 heterocycles. The summed E-state index contributed by atoms with van der Waals surface area (Å²) in [6.07, 6.45) is 2.88. The number of imidazole rings is 1. The van der Waals surface area contributed by atoms with E-state index >= 15 is 0 Å². The number of rotatable bonds is 6. The standard InChI is InChI=1S/C12H15N5O3S/c1-6(2)8(12(19)20)17-7(18)3-21-11-9-10(14-4-13-9)15-5-16-11/h4-6,8H,3H2,1-2H3,(H,17,18)(H,19,20)(H,13,14,15,16)/t8-/m0/s1. The lowest BCUT2D eigenvalue weighted by molar-refractivity contribution is -0.142. The van der Waals surface area contributed by atoms with Gasteiger partial charge in [-0.25, -0.2) is 19.7 Å². The topological polar surface area (TPSA) is 121 Å². The van der Waals surface area contributed by atoms with Crippen molar-refractivity contribution < 1.29 is 14.7 Å². The number of aromatic nitrogens is 4. The zero-order valence-electron chi connectivity index (χ0n) is 11.5. The van der Waals surface area contributed by atoms with E-state index in [4.69, 9.17) is 5.11 Å². The van der Waals surface area contributed by atoms with E-state index in [0.29, 0.717) is 16.2 Å². The van der Waals surface area contributed by atoms with Crippen LogP contribution in [0.4, 0.5) is 0 Å². The first-order valence-corrected chi connectivity index (χ1v) is 7.26. The van der Waals surface area contributed by atoms with Crippen LogP contribution in [-0.2, 0) is 9.59 Å². The maximum atomic E-state index is 11.8. The van der Waals surface area contributed by atoms with Crippen LogP contribution in [0.25, 0.3) is 11.2 Å². The molecular weight excluding hydrogens is 294 g/mol. The Kier molecular flexibility index (Phi) is 4.73. The number of carbonyl (C=O) groups is 2. The molecule has 0 saturated carbocycles. The van der Waals surface area contributed by atoms with Crippen LogP contribution in [0.5, 0.6) is 0 Å². The van der Waals surface area contributed by atoms with Crippen LogP contribution in [0.3, 0.4) is 0 Å². The maximum absolute atomic E-state index is 11.8. The zero-order valence-corrected chi connectivity index (χ0v) is 12.3. The van der Waals surface area contributed by atoms with Crippen molar-refractivity contribution >= 4 is 34.8 Å². The van der Waals surface area contributed by atoms with Crippen LogP contribution in [0.1, 0.15) is 13.8 Å². The number of hydrogen-bond acceptors (Lipinski definition) is 6. The first-order chi connectivity index (χ1) is 9.99. The molecule has 0 saturated heterocycles. The smallest absolute Gasteiger partial charge is 0.326 e. The molecule has 2 aromatic heterocycles. The van der Waals surface area contributed by atoms with E-state index in [9.17, 15) is 9.59 Å². The number of aliphatic carboxylic acids is 1. The summed E-state index contributed by atoms with van der Waals surface area (Å²) in [4.78, 5) is 37.9. The lowest BCUT2D eigenvalue weighted by Crippen LogP contribution is -2.45. The molecule has 0 unspecified atom stereocenters. The van der Waals surface area contributed by atoms with Crippen molar-refractivity contribution in [2.45, 2.75) is 24.9 Å². The van der Waals surface area contributed by atoms with Gasteiger partial charge in [0.2, 0.25) is 5.91 Å². The van der Waals surface area contributed by atoms with Gasteiger partial charge in [0.25, 0.3) is 0 Å². The maximum Gasteiger partial charge on any atom is 0.326 e. The average molecular weight is 309 g/mol. The second kappa shape index (κ2) is 6.53. The quantitative estimate of drug-likeness (QED) is 0.529. The van der Waals surface area contributed by atoms with Crippen molar-refractivity contribution in [3.05, 3.63) is 12.7 Å². The van der Waals surface area contributed by atoms with E-state index in [1.807, 2.05) is 0 Å². The second-order valence-electron chi connectivity index (χ2n) is 4.70. The van der Waals surface area contributed by atoms with Crippen LogP contribution >= 0.6 is 11.8 Å². The summed E-state index contributed by atoms with van der Waals surface area (Å²) in [5.74, 6) is -1.51. The Morgan fingerprint density at radius 3 is 2.81 bits per heavy atom. The SMILES string of the molecule is CC(C)[C@H](NC(=O)CSc1ncnc2nc[nH]c12)C(=O)O. The van der Waals surface area contributed by atoms with Crippen LogP contribution in [0.2, 0.25) is 0 Å². The third kappa shape index (κ3) is 3.69. The number of nitrogens with zero attached hydrogens (tertiary/aromatic N) is 3. The van der Waals surface area contributed by atoms with Crippen molar-refractivity contribution in [2.24, 2.45) is 5.92 Å². The van der Waals surface area contributed by atoms with Crippen LogP contribution < -0.4 is 5.32 Å². The Bertz CT molecular complexity index is 657. The summed E-state index contributed by atoms with van der Waals surface area (Å²) < 4.78 is 0. The average Bonchev–Trinajstić information content (AvgIpc) is 2.90. The van der Waals surface area contributed by atoms with Gasteiger partial charge in [-0.15, -0.1) is 0 Å². The molecule has 0 aromatic carbocycles. The molecular formula is C12H15N5O3S. The minimum absolute atomic E-state index is 0.0711. The number of hydrogen-bond donors (Lipinski definition) is 3. The van der Waals surface area contributed by atoms with Gasteiger partial charge in [-0.05, 0) is 5.92 Å². The second-order valence-corrected chi connectivity index (χ2v) is 5.66. The number of aromatic amines is 1. The van der Waals surface area contributed by atoms with Gasteiger partial charge in [-0.3, -0.25) is 4.79 Å². The molecule has 0 aliphatic rings. The highest BCUT2D eigenvalue weighted by molar-refractivity contribution is 8.00. The van der Waals surface area contributed by atoms with Gasteiger partial charge in [-0.2, -0.15) is 0 Å². The first kappa shape index (κ1) is 15.2. The minimum atomic E-state index is -1.04. The summed E-state index contributed by atoms with van der Waals surface area (Å²) >= 11 is 1.20. The molecule has 21 heavy (non-hydrogen) atoms. The number of amides is 1. The van der Waals surface area contributed by atoms with Crippen molar-refractivity contribution in [3.63, 3.8) is 0 Å². The molecule has 0 aliphatic heterocycles. The molecule has 0 aliphatic carbocycles. The molecule has 8 nitrogen and oxygen atoms in total. The molecule has 1 amide bonds. The normalized spacial score (nSPS) is 12.5. The summed E-state index contributed by atoms with van der Waals surface area (Å²) in [7, 11) is 0. The molecule has 0 radical (unpaired) electrons. The molecule has 3 N–H and O–H groups in total. The van der Waals surface area contributed by atoms with Gasteiger partial charge in [0, 0.05) is 0 Å². The summed E-state index contributed by atoms with van der Waals surface area (Å²) in [6.45, 7) is 3.48. The van der Waals surface area contributed by atoms with Crippen LogP contribution in [0.15, 0.2) is 17.7 Å². The number of nitrogens with one attached hydrogen (secondary N) is 2. The van der Waals surface area contributed by atoms with Crippen molar-refractivity contribution in [1.29, 1.82) is 0 Å². The van der Waals surface area contributed by atoms with Gasteiger partial charge in [-0.1, -0.05) is 25.6 Å². The number of thioether (sulfide) groups is 1. The summed E-state index contributed by atoms with van der Waals surface area (Å²) in [5.41, 5.74) is 1.19. The summed E-state index contributed by atoms with van der Waals surface area (Å²) in [5, 5.41) is 12.1. The molecule has 2 aromatic rings. The highest BCUT2D eigenvalue weighted by atomic mass is 32.2. The monoisotopic (exact) mass is 309 g/mol. The minimum Gasteiger partial charge on any atom is -0.480 e. The number of carboxylic acids is 1. The van der Waals surface area contributed by atoms with Crippen LogP contribution in [0, 0.1) is 5.92 Å². The van der Waals surface area contributed by atoms with Gasteiger partial charge in [0.15, 0.2) is 5.65 Å². The fourth-order valence-corrected chi connectivity index (χ4v) is 2.48. The lowest BCUT2D eigenvalue weighted by atomic mass is 10.1. The molecule has 0 fully saturated rings. The molecule has 1 atom stereocenters. The molecule has 112 valence electrons. The molecule has 9 heteroatoms. The Morgan fingerprint density at radius 2 is 2.14 bits per heavy atom. The van der Waals surface area contributed by atoms with Crippen molar-refractivity contribution in [3.8, 4) is 0 Å². The number of carbonyl (C=O) groups excluding carboxylic acids is 1. The van der Waals surface area contributed by atoms with E-state index in [1.165, 1.54) is 24.4 Å². The predicted molar refractivity (Wildman–Crippen MR) is 76.8 cm³/mol. The number of H-pyrrole nitrogens is 1. The van der Waals surface area contributed by atoms with Gasteiger partial charge < -0.3 is 15.4 Å². The first-order valence-electron chi connectivity index (χ1n) is 6.28. The van der Waals surface area contributed by atoms with Crippen molar-refractivity contribution in [2.75, 3.05) is 5.75 Å². The highest BCUT2D eigenvalue weighted by Crippen LogP contribution is 2.21. The molecule has 0 spiro atoms. The van der Waals surface area contributed by atoms with Crippen molar-refractivity contribution in [1.82, 2.24) is 25.3 Å². The fourth-order valence-electron chi connectivity index (χ4n) is 1.71. The third-order valence-electron chi connectivity index (χ3n) is 2.78. The third-order valence-corrected chi connectivity index (χ3v) is 3.77. The van der Waals surface area contributed by atoms with Gasteiger partial charge >= 0.3 is 5.97 Å². The van der Waals surface area contributed by atoms with Gasteiger partial charge in [0.05, 0.1) is 12.1 Å². The Hall–Kier alpha value is -2.16. The van der Waals surface area contributed by atoms with E-state index in [2.05, 4.69) is 25.3 Å². The largest absolute Gasteiger partial charge is 0.480 e. The zero-order chi connectivity index (χ0) is 15.4. The summed E-state index contributed by atoms with van der Waals surface area (Å²) in [6, 6.07) is -0.893. The molecule has 2 rings (SSSR count). The Morgan fingerprint density at radius 1 is 1.38 bits per heavy atom. The van der Waals surface area contributed by atoms with E-state index in [1.54, 1.807) is 13.8 Å². The van der Waals surface area contributed by atoms with E-state index < -0.39 is 12.0 Å². The predicted octanol–water partition coefficient (Wildman–Crippen LogP) is 0.670. The Balaban J connectivity index is 1.98. The number of fused-ring (bicyclic) bond motifs is 1. The number of carboxylic acid groups (broad SMARTS) is 1. The van der Waals surface area contributed by atoms with E-state index in [0.717, 1.165) is 0 Å². The Labute approximate surface area is 124 Å². The van der Waals surface area contributed by atoms with E-state index in [-0.39, 0.29) is 17.6 Å². The lowest BCUT2D eigenvalue weighted by Gasteiger charge is -2.17. The fraction of sp³-hybridized carbons (Fsp3) is 0.417.